The van der Waals surface area contributed by atoms with Gasteiger partial charge in [-0.2, -0.15) is 0 Å². The lowest BCUT2D eigenvalue weighted by atomic mass is 10.1. The zero-order chi connectivity index (χ0) is 19.4. The van der Waals surface area contributed by atoms with Gasteiger partial charge in [0.15, 0.2) is 11.5 Å². The van der Waals surface area contributed by atoms with E-state index in [0.29, 0.717) is 28.3 Å². The standard InChI is InChI=1S/C21H24N2O4/c1-14-13-15(21(25)23-11-4-5-12-23)9-10-17(14)22-20(24)16-7-6-8-18(26-2)19(16)27-3/h6-10,13H,4-5,11-12H2,1-3H3,(H,22,24). The number of hydrogen-bond donors (Lipinski definition) is 1. The number of carbonyl (C=O) groups excluding carboxylic acids is 2. The van der Waals surface area contributed by atoms with E-state index >= 15 is 0 Å². The molecule has 0 aliphatic carbocycles. The smallest absolute Gasteiger partial charge is 0.259 e. The Morgan fingerprint density at radius 3 is 2.41 bits per heavy atom. The van der Waals surface area contributed by atoms with E-state index in [-0.39, 0.29) is 11.8 Å². The molecule has 0 atom stereocenters. The Balaban J connectivity index is 1.80. The number of nitrogens with zero attached hydrogens (tertiary/aromatic N) is 1. The summed E-state index contributed by atoms with van der Waals surface area (Å²) in [5, 5.41) is 2.89. The summed E-state index contributed by atoms with van der Waals surface area (Å²) in [6, 6.07) is 10.5. The highest BCUT2D eigenvalue weighted by Crippen LogP contribution is 2.31. The van der Waals surface area contributed by atoms with Crippen molar-refractivity contribution in [3.05, 3.63) is 53.1 Å². The van der Waals surface area contributed by atoms with Crippen LogP contribution in [0, 0.1) is 6.92 Å². The minimum Gasteiger partial charge on any atom is -0.493 e. The van der Waals surface area contributed by atoms with E-state index in [0.717, 1.165) is 31.5 Å². The first-order chi connectivity index (χ1) is 13.0. The predicted octanol–water partition coefficient (Wildman–Crippen LogP) is 3.50. The first-order valence-corrected chi connectivity index (χ1v) is 8.97. The number of para-hydroxylation sites is 1. The first-order valence-electron chi connectivity index (χ1n) is 8.97. The first kappa shape index (κ1) is 18.8. The van der Waals surface area contributed by atoms with Gasteiger partial charge in [-0.1, -0.05) is 6.07 Å². The maximum Gasteiger partial charge on any atom is 0.259 e. The van der Waals surface area contributed by atoms with E-state index in [1.165, 1.54) is 14.2 Å². The average Bonchev–Trinajstić information content (AvgIpc) is 3.22. The molecule has 2 amide bonds. The van der Waals surface area contributed by atoms with Crippen LogP contribution >= 0.6 is 0 Å². The lowest BCUT2D eigenvalue weighted by molar-refractivity contribution is 0.0792. The van der Waals surface area contributed by atoms with Gasteiger partial charge in [0.2, 0.25) is 0 Å². The molecule has 6 nitrogen and oxygen atoms in total. The van der Waals surface area contributed by atoms with E-state index in [1.54, 1.807) is 30.3 Å². The molecule has 0 aromatic heterocycles. The summed E-state index contributed by atoms with van der Waals surface area (Å²) in [5.41, 5.74) is 2.51. The summed E-state index contributed by atoms with van der Waals surface area (Å²) in [6.45, 7) is 3.50. The molecule has 142 valence electrons. The van der Waals surface area contributed by atoms with Crippen molar-refractivity contribution in [2.24, 2.45) is 0 Å². The van der Waals surface area contributed by atoms with Crippen molar-refractivity contribution in [3.63, 3.8) is 0 Å². The lowest BCUT2D eigenvalue weighted by Crippen LogP contribution is -2.27. The van der Waals surface area contributed by atoms with Crippen LogP contribution in [-0.2, 0) is 0 Å². The molecule has 3 rings (SSSR count). The molecule has 2 aromatic carbocycles. The maximum absolute atomic E-state index is 12.7. The molecule has 0 radical (unpaired) electrons. The summed E-state index contributed by atoms with van der Waals surface area (Å²) in [7, 11) is 3.03. The number of amides is 2. The SMILES string of the molecule is COc1cccc(C(=O)Nc2ccc(C(=O)N3CCCC3)cc2C)c1OC. The van der Waals surface area contributed by atoms with E-state index in [9.17, 15) is 9.59 Å². The van der Waals surface area contributed by atoms with Gasteiger partial charge in [0.05, 0.1) is 19.8 Å². The number of benzene rings is 2. The lowest BCUT2D eigenvalue weighted by Gasteiger charge is -2.17. The van der Waals surface area contributed by atoms with Crippen molar-refractivity contribution in [1.29, 1.82) is 0 Å². The number of rotatable bonds is 5. The highest BCUT2D eigenvalue weighted by Gasteiger charge is 2.21. The predicted molar refractivity (Wildman–Crippen MR) is 104 cm³/mol. The number of hydrogen-bond acceptors (Lipinski definition) is 4. The average molecular weight is 368 g/mol. The Bertz CT molecular complexity index is 857. The van der Waals surface area contributed by atoms with Crippen molar-refractivity contribution in [3.8, 4) is 11.5 Å². The van der Waals surface area contributed by atoms with Crippen LogP contribution in [0.3, 0.4) is 0 Å². The molecule has 1 saturated heterocycles. The molecule has 2 aromatic rings. The van der Waals surface area contributed by atoms with Gasteiger partial charge in [-0.05, 0) is 55.7 Å². The van der Waals surface area contributed by atoms with Crippen LogP contribution in [0.15, 0.2) is 36.4 Å². The highest BCUT2D eigenvalue weighted by atomic mass is 16.5. The Labute approximate surface area is 159 Å². The van der Waals surface area contributed by atoms with Crippen LogP contribution in [0.5, 0.6) is 11.5 Å². The Morgan fingerprint density at radius 2 is 1.78 bits per heavy atom. The van der Waals surface area contributed by atoms with Crippen LogP contribution in [-0.4, -0.2) is 44.0 Å². The topological polar surface area (TPSA) is 67.9 Å². The summed E-state index contributed by atoms with van der Waals surface area (Å²) >= 11 is 0. The van der Waals surface area contributed by atoms with Crippen molar-refractivity contribution in [1.82, 2.24) is 4.90 Å². The number of likely N-dealkylation sites (tertiary alicyclic amines) is 1. The summed E-state index contributed by atoms with van der Waals surface area (Å²) < 4.78 is 10.6. The minimum absolute atomic E-state index is 0.0444. The number of ether oxygens (including phenoxy) is 2. The fraction of sp³-hybridized carbons (Fsp3) is 0.333. The zero-order valence-electron chi connectivity index (χ0n) is 15.9. The van der Waals surface area contributed by atoms with Gasteiger partial charge in [-0.15, -0.1) is 0 Å². The van der Waals surface area contributed by atoms with Crippen LogP contribution in [0.25, 0.3) is 0 Å². The molecule has 1 aliphatic heterocycles. The quantitative estimate of drug-likeness (QED) is 0.877. The Hall–Kier alpha value is -3.02. The third kappa shape index (κ3) is 3.89. The Kier molecular flexibility index (Phi) is 5.64. The molecule has 1 heterocycles. The van der Waals surface area contributed by atoms with Gasteiger partial charge in [-0.3, -0.25) is 9.59 Å². The van der Waals surface area contributed by atoms with E-state index in [2.05, 4.69) is 5.32 Å². The largest absolute Gasteiger partial charge is 0.493 e. The molecule has 0 bridgehead atoms. The number of anilines is 1. The maximum atomic E-state index is 12.7. The van der Waals surface area contributed by atoms with Gasteiger partial charge in [0.1, 0.15) is 0 Å². The van der Waals surface area contributed by atoms with Gasteiger partial charge in [0.25, 0.3) is 11.8 Å². The summed E-state index contributed by atoms with van der Waals surface area (Å²) in [6.07, 6.45) is 2.11. The third-order valence-electron chi connectivity index (χ3n) is 4.76. The van der Waals surface area contributed by atoms with Gasteiger partial charge >= 0.3 is 0 Å². The van der Waals surface area contributed by atoms with E-state index in [1.807, 2.05) is 17.9 Å². The van der Waals surface area contributed by atoms with Crippen molar-refractivity contribution in [2.45, 2.75) is 19.8 Å². The second kappa shape index (κ2) is 8.12. The van der Waals surface area contributed by atoms with Crippen LogP contribution < -0.4 is 14.8 Å². The molecular formula is C21H24N2O4. The fourth-order valence-electron chi connectivity index (χ4n) is 3.30. The molecule has 1 fully saturated rings. The molecule has 0 saturated carbocycles. The normalized spacial score (nSPS) is 13.4. The molecule has 1 N–H and O–H groups in total. The van der Waals surface area contributed by atoms with Gasteiger partial charge in [0, 0.05) is 24.3 Å². The number of methoxy groups -OCH3 is 2. The van der Waals surface area contributed by atoms with E-state index in [4.69, 9.17) is 9.47 Å². The van der Waals surface area contributed by atoms with Crippen LogP contribution in [0.2, 0.25) is 0 Å². The summed E-state index contributed by atoms with van der Waals surface area (Å²) in [4.78, 5) is 27.1. The zero-order valence-corrected chi connectivity index (χ0v) is 15.9. The molecule has 27 heavy (non-hydrogen) atoms. The number of carbonyl (C=O) groups is 2. The number of nitrogens with one attached hydrogen (secondary N) is 1. The monoisotopic (exact) mass is 368 g/mol. The van der Waals surface area contributed by atoms with Crippen LogP contribution in [0.4, 0.5) is 5.69 Å². The minimum atomic E-state index is -0.299. The van der Waals surface area contributed by atoms with Crippen molar-refractivity contribution in [2.75, 3.05) is 32.6 Å². The molecule has 0 spiro atoms. The molecular weight excluding hydrogens is 344 g/mol. The van der Waals surface area contributed by atoms with Gasteiger partial charge in [-0.25, -0.2) is 0 Å². The number of aryl methyl sites for hydroxylation is 1. The molecule has 1 aliphatic rings. The van der Waals surface area contributed by atoms with Crippen molar-refractivity contribution >= 4 is 17.5 Å². The second-order valence-corrected chi connectivity index (χ2v) is 6.52. The second-order valence-electron chi connectivity index (χ2n) is 6.52. The third-order valence-corrected chi connectivity index (χ3v) is 4.76. The molecule has 6 heteroatoms. The summed E-state index contributed by atoms with van der Waals surface area (Å²) in [5.74, 6) is 0.625. The van der Waals surface area contributed by atoms with Crippen LogP contribution in [0.1, 0.15) is 39.1 Å². The fourth-order valence-corrected chi connectivity index (χ4v) is 3.30. The Morgan fingerprint density at radius 1 is 1.04 bits per heavy atom. The van der Waals surface area contributed by atoms with Gasteiger partial charge < -0.3 is 19.7 Å². The highest BCUT2D eigenvalue weighted by molar-refractivity contribution is 6.07. The van der Waals surface area contributed by atoms with Crippen molar-refractivity contribution < 1.29 is 19.1 Å². The van der Waals surface area contributed by atoms with E-state index < -0.39 is 0 Å². The molecule has 0 unspecified atom stereocenters.